The number of rotatable bonds is 3. The van der Waals surface area contributed by atoms with Crippen LogP contribution in [0.15, 0.2) is 36.7 Å². The van der Waals surface area contributed by atoms with Crippen molar-refractivity contribution in [1.29, 1.82) is 0 Å². The molecule has 2 aromatic rings. The van der Waals surface area contributed by atoms with Crippen molar-refractivity contribution < 1.29 is 19.1 Å². The monoisotopic (exact) mass is 356 g/mol. The Morgan fingerprint density at radius 1 is 1.31 bits per heavy atom. The average Bonchev–Trinajstić information content (AvgIpc) is 3.34. The first-order valence-corrected chi connectivity index (χ1v) is 8.43. The molecule has 0 unspecified atom stereocenters. The summed E-state index contributed by atoms with van der Waals surface area (Å²) in [6, 6.07) is 7.48. The maximum atomic E-state index is 12.8. The fourth-order valence-electron chi connectivity index (χ4n) is 3.59. The Labute approximate surface area is 150 Å². The van der Waals surface area contributed by atoms with Crippen molar-refractivity contribution >= 4 is 12.0 Å². The lowest BCUT2D eigenvalue weighted by Crippen LogP contribution is -2.39. The molecule has 1 aromatic heterocycles. The topological polar surface area (TPSA) is 76.9 Å². The first-order valence-electron chi connectivity index (χ1n) is 8.43. The maximum absolute atomic E-state index is 12.8. The van der Waals surface area contributed by atoms with E-state index in [4.69, 9.17) is 9.47 Å². The van der Waals surface area contributed by atoms with Crippen LogP contribution in [0, 0.1) is 0 Å². The Balaban J connectivity index is 1.52. The number of likely N-dealkylation sites (N-methyl/N-ethyl adjacent to an activating group) is 1. The van der Waals surface area contributed by atoms with Gasteiger partial charge >= 0.3 is 6.09 Å². The van der Waals surface area contributed by atoms with E-state index in [-0.39, 0.29) is 12.0 Å². The fourth-order valence-corrected chi connectivity index (χ4v) is 3.59. The minimum atomic E-state index is -0.583. The molecular formula is C18H20N4O4. The van der Waals surface area contributed by atoms with E-state index in [1.165, 1.54) is 0 Å². The van der Waals surface area contributed by atoms with Gasteiger partial charge in [-0.2, -0.15) is 5.10 Å². The number of hydrogen-bond donors (Lipinski definition) is 0. The van der Waals surface area contributed by atoms with Gasteiger partial charge in [0.15, 0.2) is 5.60 Å². The molecule has 1 atom stereocenters. The van der Waals surface area contributed by atoms with Gasteiger partial charge in [-0.05, 0) is 12.1 Å². The summed E-state index contributed by atoms with van der Waals surface area (Å²) >= 11 is 0. The lowest BCUT2D eigenvalue weighted by Gasteiger charge is -2.21. The Bertz CT molecular complexity index is 864. The molecule has 2 amide bonds. The number of ether oxygens (including phenoxy) is 2. The summed E-state index contributed by atoms with van der Waals surface area (Å²) < 4.78 is 12.5. The number of amides is 2. The minimum Gasteiger partial charge on any atom is -0.494 e. The Morgan fingerprint density at radius 3 is 2.85 bits per heavy atom. The van der Waals surface area contributed by atoms with Gasteiger partial charge in [-0.1, -0.05) is 12.1 Å². The molecule has 8 nitrogen and oxygen atoms in total. The molecule has 4 rings (SSSR count). The third kappa shape index (κ3) is 2.67. The number of methoxy groups -OCH3 is 1. The molecule has 2 saturated heterocycles. The van der Waals surface area contributed by atoms with Gasteiger partial charge in [-0.25, -0.2) is 9.48 Å². The molecule has 1 spiro atoms. The molecule has 0 radical (unpaired) electrons. The molecule has 2 aliphatic rings. The third-order valence-electron chi connectivity index (χ3n) is 4.91. The van der Waals surface area contributed by atoms with E-state index in [1.807, 2.05) is 24.3 Å². The van der Waals surface area contributed by atoms with E-state index in [0.717, 1.165) is 5.69 Å². The lowest BCUT2D eigenvalue weighted by molar-refractivity contribution is 0.0553. The summed E-state index contributed by atoms with van der Waals surface area (Å²) in [6.07, 6.45) is 3.56. The molecule has 0 saturated carbocycles. The highest BCUT2D eigenvalue weighted by Gasteiger charge is 2.49. The van der Waals surface area contributed by atoms with Crippen molar-refractivity contribution in [2.75, 3.05) is 33.8 Å². The van der Waals surface area contributed by atoms with Crippen molar-refractivity contribution in [1.82, 2.24) is 19.6 Å². The number of nitrogens with zero attached hydrogens (tertiary/aromatic N) is 4. The second-order valence-electron chi connectivity index (χ2n) is 6.73. The van der Waals surface area contributed by atoms with Gasteiger partial charge in [0.05, 0.1) is 32.0 Å². The van der Waals surface area contributed by atoms with Crippen LogP contribution in [0.3, 0.4) is 0 Å². The van der Waals surface area contributed by atoms with Crippen LogP contribution in [0.25, 0.3) is 5.69 Å². The molecule has 2 fully saturated rings. The van der Waals surface area contributed by atoms with Gasteiger partial charge in [0.25, 0.3) is 5.91 Å². The van der Waals surface area contributed by atoms with Crippen LogP contribution in [-0.2, 0) is 4.74 Å². The Morgan fingerprint density at radius 2 is 2.12 bits per heavy atom. The number of likely N-dealkylation sites (tertiary alicyclic amines) is 1. The van der Waals surface area contributed by atoms with Crippen molar-refractivity contribution in [2.45, 2.75) is 12.0 Å². The molecule has 0 bridgehead atoms. The van der Waals surface area contributed by atoms with Crippen LogP contribution in [0.2, 0.25) is 0 Å². The second kappa shape index (κ2) is 6.05. The summed E-state index contributed by atoms with van der Waals surface area (Å²) in [6.45, 7) is 1.47. The van der Waals surface area contributed by atoms with E-state index >= 15 is 0 Å². The minimum absolute atomic E-state index is 0.117. The lowest BCUT2D eigenvalue weighted by atomic mass is 10.0. The Kier molecular flexibility index (Phi) is 3.82. The molecule has 1 aromatic carbocycles. The van der Waals surface area contributed by atoms with Crippen LogP contribution < -0.4 is 4.74 Å². The van der Waals surface area contributed by atoms with Crippen molar-refractivity contribution in [3.8, 4) is 11.4 Å². The average molecular weight is 356 g/mol. The number of benzene rings is 1. The highest BCUT2D eigenvalue weighted by Crippen LogP contribution is 2.32. The Hall–Kier alpha value is -3.03. The third-order valence-corrected chi connectivity index (χ3v) is 4.91. The zero-order chi connectivity index (χ0) is 18.3. The van der Waals surface area contributed by atoms with Crippen molar-refractivity contribution in [2.24, 2.45) is 0 Å². The van der Waals surface area contributed by atoms with Gasteiger partial charge in [0, 0.05) is 26.2 Å². The predicted molar refractivity (Wildman–Crippen MR) is 92.5 cm³/mol. The van der Waals surface area contributed by atoms with E-state index in [1.54, 1.807) is 41.0 Å². The van der Waals surface area contributed by atoms with E-state index in [2.05, 4.69) is 5.10 Å². The SMILES string of the molecule is COc1ccccc1-n1cc(C(=O)N2CC[C@@]3(CN(C)C(=O)O3)C2)cn1. The first kappa shape index (κ1) is 16.4. The van der Waals surface area contributed by atoms with Gasteiger partial charge in [0.2, 0.25) is 0 Å². The van der Waals surface area contributed by atoms with Gasteiger partial charge in [0.1, 0.15) is 11.4 Å². The quantitative estimate of drug-likeness (QED) is 0.834. The summed E-state index contributed by atoms with van der Waals surface area (Å²) in [5, 5.41) is 4.30. The number of carbonyl (C=O) groups is 2. The summed E-state index contributed by atoms with van der Waals surface area (Å²) in [7, 11) is 3.30. The molecule has 0 aliphatic carbocycles. The van der Waals surface area contributed by atoms with Crippen molar-refractivity contribution in [3.05, 3.63) is 42.2 Å². The molecule has 26 heavy (non-hydrogen) atoms. The second-order valence-corrected chi connectivity index (χ2v) is 6.73. The maximum Gasteiger partial charge on any atom is 0.410 e. The summed E-state index contributed by atoms with van der Waals surface area (Å²) in [5.41, 5.74) is 0.670. The van der Waals surface area contributed by atoms with Gasteiger partial charge in [-0.15, -0.1) is 0 Å². The zero-order valence-electron chi connectivity index (χ0n) is 14.7. The summed E-state index contributed by atoms with van der Waals surface area (Å²) in [4.78, 5) is 27.8. The summed E-state index contributed by atoms with van der Waals surface area (Å²) in [5.74, 6) is 0.559. The van der Waals surface area contributed by atoms with E-state index in [9.17, 15) is 9.59 Å². The fraction of sp³-hybridized carbons (Fsp3) is 0.389. The number of aromatic nitrogens is 2. The molecular weight excluding hydrogens is 336 g/mol. The van der Waals surface area contributed by atoms with Crippen LogP contribution in [-0.4, -0.2) is 71.0 Å². The molecule has 2 aliphatic heterocycles. The zero-order valence-corrected chi connectivity index (χ0v) is 14.7. The molecule has 8 heteroatoms. The number of para-hydroxylation sites is 2. The predicted octanol–water partition coefficient (Wildman–Crippen LogP) is 1.55. The first-order chi connectivity index (χ1) is 12.5. The van der Waals surface area contributed by atoms with Crippen LogP contribution in [0.5, 0.6) is 5.75 Å². The highest BCUT2D eigenvalue weighted by molar-refractivity contribution is 5.94. The largest absolute Gasteiger partial charge is 0.494 e. The molecule has 3 heterocycles. The number of hydrogen-bond acceptors (Lipinski definition) is 5. The van der Waals surface area contributed by atoms with Crippen LogP contribution in [0.4, 0.5) is 4.79 Å². The normalized spacial score (nSPS) is 22.2. The van der Waals surface area contributed by atoms with Gasteiger partial charge < -0.3 is 19.3 Å². The van der Waals surface area contributed by atoms with Crippen molar-refractivity contribution in [3.63, 3.8) is 0 Å². The smallest absolute Gasteiger partial charge is 0.410 e. The van der Waals surface area contributed by atoms with E-state index in [0.29, 0.717) is 37.4 Å². The van der Waals surface area contributed by atoms with Gasteiger partial charge in [-0.3, -0.25) is 4.79 Å². The standard InChI is InChI=1S/C18H20N4O4/c1-20-11-18(26-17(20)24)7-8-21(12-18)16(23)13-9-19-22(10-13)14-5-3-4-6-15(14)25-2/h3-6,9-10H,7-8,11-12H2,1-2H3/t18-/m1/s1. The number of carbonyl (C=O) groups excluding carboxylic acids is 2. The molecule has 0 N–H and O–H groups in total. The van der Waals surface area contributed by atoms with Crippen LogP contribution in [0.1, 0.15) is 16.8 Å². The van der Waals surface area contributed by atoms with E-state index < -0.39 is 5.60 Å². The van der Waals surface area contributed by atoms with Crippen LogP contribution >= 0.6 is 0 Å². The molecule has 136 valence electrons. The highest BCUT2D eigenvalue weighted by atomic mass is 16.6.